The lowest BCUT2D eigenvalue weighted by molar-refractivity contribution is -0.116. The summed E-state index contributed by atoms with van der Waals surface area (Å²) in [4.78, 5) is 12.3. The molecule has 1 N–H and O–H groups in total. The molecule has 1 amide bonds. The molecule has 0 aromatic heterocycles. The van der Waals surface area contributed by atoms with Crippen molar-refractivity contribution in [3.63, 3.8) is 0 Å². The summed E-state index contributed by atoms with van der Waals surface area (Å²) in [5.41, 5.74) is 4.73. The molecule has 0 spiro atoms. The van der Waals surface area contributed by atoms with Crippen LogP contribution in [0.1, 0.15) is 36.0 Å². The van der Waals surface area contributed by atoms with Crippen molar-refractivity contribution < 1.29 is 4.79 Å². The van der Waals surface area contributed by atoms with E-state index in [4.69, 9.17) is 0 Å². The molecule has 0 radical (unpaired) electrons. The van der Waals surface area contributed by atoms with Gasteiger partial charge in [0.05, 0.1) is 5.69 Å². The van der Waals surface area contributed by atoms with Crippen molar-refractivity contribution >= 4 is 22.4 Å². The molecule has 0 saturated heterocycles. The number of nitrogens with one attached hydrogen (secondary N) is 1. The molecule has 1 aliphatic rings. The van der Waals surface area contributed by atoms with Crippen LogP contribution in [0.25, 0.3) is 10.8 Å². The molecule has 0 fully saturated rings. The number of amides is 1. The third-order valence-corrected chi connectivity index (χ3v) is 4.78. The minimum Gasteiger partial charge on any atom is -0.325 e. The number of fused-ring (bicyclic) bond motifs is 3. The quantitative estimate of drug-likeness (QED) is 0.718. The van der Waals surface area contributed by atoms with Crippen molar-refractivity contribution in [2.75, 3.05) is 5.32 Å². The Bertz CT molecular complexity index is 880. The molecule has 3 aromatic rings. The van der Waals surface area contributed by atoms with Crippen LogP contribution in [-0.2, 0) is 11.2 Å². The van der Waals surface area contributed by atoms with Crippen LogP contribution >= 0.6 is 0 Å². The molecule has 1 heterocycles. The number of carbonyl (C=O) groups is 1. The first-order valence-corrected chi connectivity index (χ1v) is 8.16. The van der Waals surface area contributed by atoms with Gasteiger partial charge in [-0.2, -0.15) is 0 Å². The zero-order valence-electron chi connectivity index (χ0n) is 13.2. The van der Waals surface area contributed by atoms with Crippen LogP contribution in [0, 0.1) is 0 Å². The maximum atomic E-state index is 12.3. The molecule has 0 aliphatic carbocycles. The third-order valence-electron chi connectivity index (χ3n) is 4.78. The number of benzene rings is 3. The predicted octanol–water partition coefficient (Wildman–Crippen LogP) is 4.88. The van der Waals surface area contributed by atoms with E-state index in [1.807, 2.05) is 12.1 Å². The molecule has 0 unspecified atom stereocenters. The number of aryl methyl sites for hydroxylation is 1. The summed E-state index contributed by atoms with van der Waals surface area (Å²) in [5.74, 6) is 0.229. The van der Waals surface area contributed by atoms with Crippen LogP contribution in [0.4, 0.5) is 5.69 Å². The zero-order chi connectivity index (χ0) is 15.8. The molecule has 1 aliphatic heterocycles. The van der Waals surface area contributed by atoms with Gasteiger partial charge in [-0.05, 0) is 28.5 Å². The second-order valence-electron chi connectivity index (χ2n) is 6.15. The maximum Gasteiger partial charge on any atom is 0.225 e. The van der Waals surface area contributed by atoms with Crippen LogP contribution in [-0.4, -0.2) is 5.91 Å². The van der Waals surface area contributed by atoms with Crippen molar-refractivity contribution in [3.8, 4) is 0 Å². The Morgan fingerprint density at radius 2 is 1.78 bits per heavy atom. The summed E-state index contributed by atoms with van der Waals surface area (Å²) in [6.45, 7) is 2.16. The highest BCUT2D eigenvalue weighted by molar-refractivity contribution is 6.06. The van der Waals surface area contributed by atoms with E-state index in [2.05, 4.69) is 60.8 Å². The summed E-state index contributed by atoms with van der Waals surface area (Å²) in [5, 5.41) is 5.37. The molecule has 114 valence electrons. The summed E-state index contributed by atoms with van der Waals surface area (Å²) >= 11 is 0. The van der Waals surface area contributed by atoms with Crippen LogP contribution in [0.2, 0.25) is 0 Å². The minimum absolute atomic E-state index is 0.0958. The van der Waals surface area contributed by atoms with E-state index in [1.165, 1.54) is 16.7 Å². The van der Waals surface area contributed by atoms with Crippen LogP contribution in [0.3, 0.4) is 0 Å². The van der Waals surface area contributed by atoms with Gasteiger partial charge in [0.1, 0.15) is 0 Å². The lowest BCUT2D eigenvalue weighted by Gasteiger charge is -2.27. The normalized spacial score (nSPS) is 16.9. The van der Waals surface area contributed by atoms with Crippen LogP contribution in [0.5, 0.6) is 0 Å². The van der Waals surface area contributed by atoms with E-state index in [0.29, 0.717) is 6.42 Å². The highest BCUT2D eigenvalue weighted by Crippen LogP contribution is 2.40. The highest BCUT2D eigenvalue weighted by atomic mass is 16.1. The SMILES string of the molecule is CCc1ccc([C@@H]2CC(=O)Nc3c2ccc2ccccc32)cc1. The Kier molecular flexibility index (Phi) is 3.38. The van der Waals surface area contributed by atoms with Gasteiger partial charge in [-0.15, -0.1) is 0 Å². The van der Waals surface area contributed by atoms with E-state index in [9.17, 15) is 4.79 Å². The Labute approximate surface area is 136 Å². The molecule has 2 nitrogen and oxygen atoms in total. The molecule has 0 saturated carbocycles. The zero-order valence-corrected chi connectivity index (χ0v) is 13.2. The molecule has 4 rings (SSSR count). The van der Waals surface area contributed by atoms with Crippen molar-refractivity contribution in [2.24, 2.45) is 0 Å². The molecular weight excluding hydrogens is 282 g/mol. The van der Waals surface area contributed by atoms with Crippen LogP contribution in [0.15, 0.2) is 60.7 Å². The van der Waals surface area contributed by atoms with Gasteiger partial charge in [-0.25, -0.2) is 0 Å². The number of rotatable bonds is 2. The van der Waals surface area contributed by atoms with Crippen molar-refractivity contribution in [2.45, 2.75) is 25.7 Å². The second-order valence-corrected chi connectivity index (χ2v) is 6.15. The predicted molar refractivity (Wildman–Crippen MR) is 94.9 cm³/mol. The standard InChI is InChI=1S/C21H19NO/c1-2-14-7-9-16(10-8-14)19-13-20(23)22-21-17-6-4-3-5-15(17)11-12-18(19)21/h3-12,19H,2,13H2,1H3,(H,22,23)/t19-/m0/s1. The first-order chi connectivity index (χ1) is 11.3. The summed E-state index contributed by atoms with van der Waals surface area (Å²) in [7, 11) is 0. The van der Waals surface area contributed by atoms with Gasteiger partial charge in [0.25, 0.3) is 0 Å². The Morgan fingerprint density at radius 3 is 2.57 bits per heavy atom. The van der Waals surface area contributed by atoms with Gasteiger partial charge in [-0.3, -0.25) is 4.79 Å². The van der Waals surface area contributed by atoms with Gasteiger partial charge in [-0.1, -0.05) is 67.6 Å². The second kappa shape index (κ2) is 5.54. The van der Waals surface area contributed by atoms with E-state index < -0.39 is 0 Å². The first-order valence-electron chi connectivity index (χ1n) is 8.16. The number of anilines is 1. The molecule has 23 heavy (non-hydrogen) atoms. The number of hydrogen-bond donors (Lipinski definition) is 1. The number of carbonyl (C=O) groups excluding carboxylic acids is 1. The fourth-order valence-corrected chi connectivity index (χ4v) is 3.49. The summed E-state index contributed by atoms with van der Waals surface area (Å²) < 4.78 is 0. The fourth-order valence-electron chi connectivity index (χ4n) is 3.49. The first kappa shape index (κ1) is 14.0. The Morgan fingerprint density at radius 1 is 1.00 bits per heavy atom. The third kappa shape index (κ3) is 2.40. The van der Waals surface area contributed by atoms with Gasteiger partial charge >= 0.3 is 0 Å². The highest BCUT2D eigenvalue weighted by Gasteiger charge is 2.27. The maximum absolute atomic E-state index is 12.3. The van der Waals surface area contributed by atoms with Crippen LogP contribution < -0.4 is 5.32 Å². The monoisotopic (exact) mass is 301 g/mol. The van der Waals surface area contributed by atoms with Gasteiger partial charge in [0.15, 0.2) is 0 Å². The molecule has 1 atom stereocenters. The average Bonchev–Trinajstić information content (AvgIpc) is 2.61. The van der Waals surface area contributed by atoms with Crippen molar-refractivity contribution in [1.82, 2.24) is 0 Å². The molecular formula is C21H19NO. The lowest BCUT2D eigenvalue weighted by atomic mass is 9.83. The lowest BCUT2D eigenvalue weighted by Crippen LogP contribution is -2.23. The smallest absolute Gasteiger partial charge is 0.225 e. The van der Waals surface area contributed by atoms with Gasteiger partial charge < -0.3 is 5.32 Å². The van der Waals surface area contributed by atoms with Gasteiger partial charge in [0, 0.05) is 17.7 Å². The van der Waals surface area contributed by atoms with E-state index >= 15 is 0 Å². The molecule has 0 bridgehead atoms. The van der Waals surface area contributed by atoms with E-state index in [1.54, 1.807) is 0 Å². The van der Waals surface area contributed by atoms with Crippen molar-refractivity contribution in [1.29, 1.82) is 0 Å². The molecule has 3 aromatic carbocycles. The summed E-state index contributed by atoms with van der Waals surface area (Å²) in [6, 6.07) is 21.2. The topological polar surface area (TPSA) is 29.1 Å². The van der Waals surface area contributed by atoms with E-state index in [-0.39, 0.29) is 11.8 Å². The summed E-state index contributed by atoms with van der Waals surface area (Å²) in [6.07, 6.45) is 1.55. The average molecular weight is 301 g/mol. The fraction of sp³-hybridized carbons (Fsp3) is 0.190. The Balaban J connectivity index is 1.87. The Hall–Kier alpha value is -2.61. The van der Waals surface area contributed by atoms with Crippen molar-refractivity contribution in [3.05, 3.63) is 77.4 Å². The largest absolute Gasteiger partial charge is 0.325 e. The minimum atomic E-state index is 0.0958. The number of hydrogen-bond acceptors (Lipinski definition) is 1. The van der Waals surface area contributed by atoms with E-state index in [0.717, 1.165) is 22.9 Å². The molecule has 2 heteroatoms. The van der Waals surface area contributed by atoms with Gasteiger partial charge in [0.2, 0.25) is 5.91 Å².